The highest BCUT2D eigenvalue weighted by Crippen LogP contribution is 2.42. The van der Waals surface area contributed by atoms with E-state index in [0.717, 1.165) is 70.6 Å². The number of phenolic OH excluding ortho intramolecular Hbond substituents is 1. The van der Waals surface area contributed by atoms with E-state index in [4.69, 9.17) is 26.1 Å². The number of esters is 2. The molecule has 2 aromatic carbocycles. The Balaban J connectivity index is 1.23. The number of phenols is 1. The van der Waals surface area contributed by atoms with Crippen LogP contribution in [0.15, 0.2) is 63.8 Å². The van der Waals surface area contributed by atoms with Gasteiger partial charge in [-0.05, 0) is 86.3 Å². The number of thiocarbonyl (C=S) groups is 1. The number of nitrogens with one attached hydrogen (secondary N) is 3. The zero-order valence-electron chi connectivity index (χ0n) is 34.1. The zero-order chi connectivity index (χ0) is 42.6. The molecule has 1 heterocycles. The second-order valence-electron chi connectivity index (χ2n) is 14.6. The van der Waals surface area contributed by atoms with E-state index >= 15 is 0 Å². The van der Waals surface area contributed by atoms with Crippen LogP contribution in [0.25, 0.3) is 33.4 Å². The first-order valence-electron chi connectivity index (χ1n) is 20.7. The molecule has 4 rings (SSSR count). The van der Waals surface area contributed by atoms with Crippen LogP contribution in [-0.4, -0.2) is 64.9 Å². The van der Waals surface area contributed by atoms with Gasteiger partial charge in [-0.15, -0.1) is 0 Å². The molecule has 2 aliphatic rings. The molecular formula is C45H57N3O10S. The maximum Gasteiger partial charge on any atom is 0.336 e. The van der Waals surface area contributed by atoms with Crippen molar-refractivity contribution >= 4 is 57.8 Å². The van der Waals surface area contributed by atoms with E-state index in [1.54, 1.807) is 24.3 Å². The smallest absolute Gasteiger partial charge is 0.336 e. The summed E-state index contributed by atoms with van der Waals surface area (Å²) in [6, 6.07) is 12.8. The molecule has 1 aliphatic carbocycles. The molecule has 14 heteroatoms. The number of unbranched alkanes of at least 4 members (excludes halogenated alkanes) is 9. The summed E-state index contributed by atoms with van der Waals surface area (Å²) in [5.41, 5.74) is 1.97. The van der Waals surface area contributed by atoms with Gasteiger partial charge in [-0.2, -0.15) is 0 Å². The van der Waals surface area contributed by atoms with Crippen LogP contribution < -0.4 is 21.4 Å². The molecule has 0 unspecified atom stereocenters. The molecule has 318 valence electrons. The topological polar surface area (TPSA) is 193 Å². The number of benzene rings is 3. The second-order valence-corrected chi connectivity index (χ2v) is 15.0. The van der Waals surface area contributed by atoms with Crippen LogP contribution in [0.3, 0.4) is 0 Å². The normalized spacial score (nSPS) is 11.6. The molecule has 0 bridgehead atoms. The lowest BCUT2D eigenvalue weighted by Crippen LogP contribution is -2.42. The van der Waals surface area contributed by atoms with Gasteiger partial charge in [0.1, 0.15) is 23.1 Å². The Kier molecular flexibility index (Phi) is 19.1. The van der Waals surface area contributed by atoms with Gasteiger partial charge >= 0.3 is 17.9 Å². The number of carbonyl (C=O) groups is 4. The minimum absolute atomic E-state index is 0.00351. The minimum Gasteiger partial charge on any atom is -0.508 e. The summed E-state index contributed by atoms with van der Waals surface area (Å²) < 4.78 is 16.7. The van der Waals surface area contributed by atoms with E-state index in [0.29, 0.717) is 58.0 Å². The maximum atomic E-state index is 12.8. The summed E-state index contributed by atoms with van der Waals surface area (Å²) in [4.78, 5) is 62.6. The minimum atomic E-state index is -1.17. The summed E-state index contributed by atoms with van der Waals surface area (Å²) in [5.74, 6) is -2.15. The van der Waals surface area contributed by atoms with Gasteiger partial charge in [0.2, 0.25) is 5.91 Å². The number of carboxylic acids is 1. The molecular weight excluding hydrogens is 775 g/mol. The SMILES string of the molecule is CCCCCCOC(=O)CC[C@@H](NC(=O)CCCCCCNC(=S)Nc1ccc(-c2c3ccc(=O)cc-3oc3cc(O)ccc23)c(C(=O)O)c1)C(=O)OCCCCCC. The predicted molar refractivity (Wildman–Crippen MR) is 232 cm³/mol. The Morgan fingerprint density at radius 2 is 1.47 bits per heavy atom. The van der Waals surface area contributed by atoms with Gasteiger partial charge in [0.15, 0.2) is 10.5 Å². The number of amides is 1. The molecule has 0 aromatic heterocycles. The molecule has 0 saturated carbocycles. The molecule has 0 spiro atoms. The van der Waals surface area contributed by atoms with Crippen LogP contribution >= 0.6 is 12.2 Å². The van der Waals surface area contributed by atoms with Crippen LogP contribution in [0.2, 0.25) is 0 Å². The van der Waals surface area contributed by atoms with E-state index < -0.39 is 23.9 Å². The number of carboxylic acid groups (broad SMARTS) is 1. The summed E-state index contributed by atoms with van der Waals surface area (Å²) in [7, 11) is 0. The maximum absolute atomic E-state index is 12.8. The van der Waals surface area contributed by atoms with Crippen LogP contribution in [-0.2, 0) is 23.9 Å². The van der Waals surface area contributed by atoms with Crippen molar-refractivity contribution in [2.75, 3.05) is 25.1 Å². The Morgan fingerprint density at radius 3 is 2.20 bits per heavy atom. The standard InChI is InChI=1S/C45H57N3O10S/c1-3-5-7-13-25-56-41(52)23-22-37(44(55)57-26-14-8-6-4-2)48-40(51)15-11-9-10-12-24-46-45(59)47-30-16-19-33(36(27-30)43(53)54)42-34-20-17-31(49)28-38(34)58-39-29-32(50)18-21-35(39)42/h16-21,27-29,37,49H,3-15,22-26H2,1-2H3,(H,48,51)(H,53,54)(H2,46,47,59)/t37-/m1/s1. The van der Waals surface area contributed by atoms with Gasteiger partial charge in [-0.25, -0.2) is 9.59 Å². The Bertz CT molecular complexity index is 2070. The van der Waals surface area contributed by atoms with Gasteiger partial charge in [0.05, 0.1) is 18.8 Å². The highest BCUT2D eigenvalue weighted by Gasteiger charge is 2.25. The third-order valence-electron chi connectivity index (χ3n) is 9.83. The van der Waals surface area contributed by atoms with Crippen molar-refractivity contribution in [3.05, 3.63) is 70.4 Å². The lowest BCUT2D eigenvalue weighted by Gasteiger charge is -2.18. The number of fused-ring (bicyclic) bond motifs is 2. The summed E-state index contributed by atoms with van der Waals surface area (Å²) in [5, 5.41) is 30.2. The number of carbonyl (C=O) groups excluding carboxylic acids is 3. The van der Waals surface area contributed by atoms with Gasteiger partial charge in [-0.3, -0.25) is 14.4 Å². The van der Waals surface area contributed by atoms with Crippen LogP contribution in [0, 0.1) is 0 Å². The van der Waals surface area contributed by atoms with E-state index in [9.17, 15) is 34.2 Å². The average molecular weight is 832 g/mol. The molecule has 59 heavy (non-hydrogen) atoms. The van der Waals surface area contributed by atoms with Crippen molar-refractivity contribution in [3.63, 3.8) is 0 Å². The predicted octanol–water partition coefficient (Wildman–Crippen LogP) is 8.72. The highest BCUT2D eigenvalue weighted by molar-refractivity contribution is 7.80. The summed E-state index contributed by atoms with van der Waals surface area (Å²) in [6.45, 7) is 5.38. The number of aromatic carboxylic acids is 1. The third kappa shape index (κ3) is 15.0. The monoisotopic (exact) mass is 831 g/mol. The first-order valence-corrected chi connectivity index (χ1v) is 21.1. The van der Waals surface area contributed by atoms with Gasteiger partial charge in [0.25, 0.3) is 0 Å². The second kappa shape index (κ2) is 24.4. The molecule has 0 fully saturated rings. The van der Waals surface area contributed by atoms with Gasteiger partial charge in [0, 0.05) is 53.7 Å². The lowest BCUT2D eigenvalue weighted by atomic mass is 9.90. The first-order chi connectivity index (χ1) is 28.5. The molecule has 0 saturated heterocycles. The van der Waals surface area contributed by atoms with Gasteiger partial charge in [-0.1, -0.05) is 71.3 Å². The number of rotatable bonds is 25. The van der Waals surface area contributed by atoms with Crippen LogP contribution in [0.4, 0.5) is 5.69 Å². The Morgan fingerprint density at radius 1 is 0.780 bits per heavy atom. The fraction of sp³-hybridized carbons (Fsp3) is 0.467. The summed E-state index contributed by atoms with van der Waals surface area (Å²) >= 11 is 5.48. The molecule has 2 aromatic rings. The number of aromatic hydroxyl groups is 1. The van der Waals surface area contributed by atoms with Crippen molar-refractivity contribution in [2.45, 2.75) is 116 Å². The van der Waals surface area contributed by atoms with Crippen molar-refractivity contribution in [1.82, 2.24) is 10.6 Å². The molecule has 1 amide bonds. The fourth-order valence-corrected chi connectivity index (χ4v) is 6.89. The number of hydrogen-bond donors (Lipinski definition) is 5. The number of hydrogen-bond acceptors (Lipinski definition) is 10. The Labute approximate surface area is 350 Å². The van der Waals surface area contributed by atoms with Gasteiger partial charge < -0.3 is 40.1 Å². The van der Waals surface area contributed by atoms with Crippen molar-refractivity contribution in [3.8, 4) is 28.2 Å². The van der Waals surface area contributed by atoms with Crippen molar-refractivity contribution in [1.29, 1.82) is 0 Å². The van der Waals surface area contributed by atoms with Crippen molar-refractivity contribution < 1.29 is 43.3 Å². The molecule has 1 atom stereocenters. The molecule has 1 aliphatic heterocycles. The van der Waals surface area contributed by atoms with E-state index in [2.05, 4.69) is 29.8 Å². The molecule has 5 N–H and O–H groups in total. The largest absolute Gasteiger partial charge is 0.508 e. The summed E-state index contributed by atoms with van der Waals surface area (Å²) in [6.07, 6.45) is 11.1. The first kappa shape index (κ1) is 46.2. The van der Waals surface area contributed by atoms with E-state index in [1.165, 1.54) is 30.3 Å². The average Bonchev–Trinajstić information content (AvgIpc) is 3.20. The Hall–Kier alpha value is -5.50. The molecule has 0 radical (unpaired) electrons. The zero-order valence-corrected chi connectivity index (χ0v) is 34.9. The third-order valence-corrected chi connectivity index (χ3v) is 10.1. The van der Waals surface area contributed by atoms with E-state index in [1.807, 2.05) is 0 Å². The molecule has 13 nitrogen and oxygen atoms in total. The fourth-order valence-electron chi connectivity index (χ4n) is 6.67. The number of ether oxygens (including phenoxy) is 2. The van der Waals surface area contributed by atoms with Crippen LogP contribution in [0.5, 0.6) is 5.75 Å². The van der Waals surface area contributed by atoms with Crippen LogP contribution in [0.1, 0.15) is 121 Å². The number of anilines is 1. The lowest BCUT2D eigenvalue weighted by molar-refractivity contribution is -0.149. The quantitative estimate of drug-likeness (QED) is 0.0184. The highest BCUT2D eigenvalue weighted by atomic mass is 32.1. The van der Waals surface area contributed by atoms with Crippen molar-refractivity contribution in [2.24, 2.45) is 0 Å². The van der Waals surface area contributed by atoms with E-state index in [-0.39, 0.29) is 54.3 Å².